The third-order valence-electron chi connectivity index (χ3n) is 6.58. The molecule has 0 amide bonds. The number of anilines is 3. The molecular weight excluding hydrogens is 473 g/mol. The Labute approximate surface area is 184 Å². The Balaban J connectivity index is 1.97. The summed E-state index contributed by atoms with van der Waals surface area (Å²) in [6.45, 7) is 9.40. The molecule has 0 unspecified atom stereocenters. The van der Waals surface area contributed by atoms with Gasteiger partial charge in [0.25, 0.3) is 0 Å². The summed E-state index contributed by atoms with van der Waals surface area (Å²) in [5, 5.41) is 0. The van der Waals surface area contributed by atoms with Crippen molar-refractivity contribution in [3.63, 3.8) is 0 Å². The molecule has 0 N–H and O–H groups in total. The first-order valence-corrected chi connectivity index (χ1v) is 11.3. The molecule has 0 aliphatic carbocycles. The highest BCUT2D eigenvalue weighted by molar-refractivity contribution is 9.10. The fourth-order valence-electron chi connectivity index (χ4n) is 5.00. The van der Waals surface area contributed by atoms with E-state index in [1.54, 1.807) is 0 Å². The molecule has 0 bridgehead atoms. The molecule has 28 heavy (non-hydrogen) atoms. The lowest BCUT2D eigenvalue weighted by Gasteiger charge is -2.49. The molecule has 0 aromatic heterocycles. The molecule has 1 nitrogen and oxygen atoms in total. The molecule has 2 heterocycles. The van der Waals surface area contributed by atoms with Gasteiger partial charge in [0, 0.05) is 19.8 Å². The topological polar surface area (TPSA) is 3.24 Å². The van der Waals surface area contributed by atoms with Gasteiger partial charge in [-0.05, 0) is 58.7 Å². The van der Waals surface area contributed by atoms with E-state index in [1.165, 1.54) is 44.8 Å². The molecule has 0 spiro atoms. The van der Waals surface area contributed by atoms with Crippen molar-refractivity contribution in [3.05, 3.63) is 79.7 Å². The predicted molar refractivity (Wildman–Crippen MR) is 129 cm³/mol. The van der Waals surface area contributed by atoms with E-state index >= 15 is 0 Å². The summed E-state index contributed by atoms with van der Waals surface area (Å²) in [6, 6.07) is 18.2. The van der Waals surface area contributed by atoms with Crippen LogP contribution in [-0.4, -0.2) is 7.85 Å². The summed E-state index contributed by atoms with van der Waals surface area (Å²) in [7, 11) is 2.18. The van der Waals surface area contributed by atoms with Gasteiger partial charge in [0.15, 0.2) is 0 Å². The lowest BCUT2D eigenvalue weighted by atomic mass is 9.66. The summed E-state index contributed by atoms with van der Waals surface area (Å²) >= 11 is 7.51. The van der Waals surface area contributed by atoms with Gasteiger partial charge < -0.3 is 4.90 Å². The third kappa shape index (κ3) is 2.31. The Morgan fingerprint density at radius 2 is 1.18 bits per heavy atom. The van der Waals surface area contributed by atoms with Crippen LogP contribution < -0.4 is 10.4 Å². The summed E-state index contributed by atoms with van der Waals surface area (Å²) in [4.78, 5) is 2.49. The van der Waals surface area contributed by atoms with Crippen molar-refractivity contribution in [1.29, 1.82) is 0 Å². The van der Waals surface area contributed by atoms with Crippen molar-refractivity contribution in [1.82, 2.24) is 0 Å². The second-order valence-corrected chi connectivity index (χ2v) is 10.9. The van der Waals surface area contributed by atoms with E-state index < -0.39 is 0 Å². The molecule has 3 aromatic rings. The minimum Gasteiger partial charge on any atom is -0.309 e. The highest BCUT2D eigenvalue weighted by atomic mass is 79.9. The first-order chi connectivity index (χ1) is 13.1. The quantitative estimate of drug-likeness (QED) is 0.335. The second-order valence-electron chi connectivity index (χ2n) is 9.12. The monoisotopic (exact) mass is 493 g/mol. The minimum absolute atomic E-state index is 0.0608. The van der Waals surface area contributed by atoms with Gasteiger partial charge in [-0.25, -0.2) is 0 Å². The maximum atomic E-state index is 3.81. The van der Waals surface area contributed by atoms with Crippen LogP contribution in [0.2, 0.25) is 0 Å². The zero-order valence-electron chi connectivity index (χ0n) is 16.8. The molecule has 140 valence electrons. The van der Waals surface area contributed by atoms with Gasteiger partial charge in [-0.2, -0.15) is 0 Å². The van der Waals surface area contributed by atoms with Crippen LogP contribution in [0.5, 0.6) is 0 Å². The highest BCUT2D eigenvalue weighted by Gasteiger charge is 2.45. The normalized spacial score (nSPS) is 17.6. The molecule has 2 aliphatic heterocycles. The number of benzene rings is 3. The molecule has 0 saturated carbocycles. The van der Waals surface area contributed by atoms with E-state index in [2.05, 4.69) is 121 Å². The summed E-state index contributed by atoms with van der Waals surface area (Å²) in [6.07, 6.45) is 0. The molecule has 0 radical (unpaired) electrons. The first kappa shape index (κ1) is 18.5. The van der Waals surface area contributed by atoms with Gasteiger partial charge in [0.05, 0.1) is 17.1 Å². The van der Waals surface area contributed by atoms with E-state index in [0.29, 0.717) is 0 Å². The van der Waals surface area contributed by atoms with Gasteiger partial charge in [-0.1, -0.05) is 77.2 Å². The Morgan fingerprint density at radius 3 is 1.79 bits per heavy atom. The van der Waals surface area contributed by atoms with Crippen LogP contribution >= 0.6 is 31.9 Å². The van der Waals surface area contributed by atoms with E-state index in [9.17, 15) is 0 Å². The molecule has 3 aromatic carbocycles. The number of hydrogen-bond acceptors (Lipinski definition) is 1. The maximum Gasteiger partial charge on any atom is 0.139 e. The lowest BCUT2D eigenvalue weighted by molar-refractivity contribution is 0.596. The summed E-state index contributed by atoms with van der Waals surface area (Å²) in [5.74, 6) is 0. The van der Waals surface area contributed by atoms with Crippen molar-refractivity contribution in [2.24, 2.45) is 0 Å². The predicted octanol–water partition coefficient (Wildman–Crippen LogP) is 6.22. The van der Waals surface area contributed by atoms with E-state index in [1.807, 2.05) is 0 Å². The number of rotatable bonds is 0. The third-order valence-corrected chi connectivity index (χ3v) is 7.54. The van der Waals surface area contributed by atoms with Crippen molar-refractivity contribution < 1.29 is 0 Å². The Hall–Kier alpha value is -1.52. The van der Waals surface area contributed by atoms with Crippen LogP contribution in [0.1, 0.15) is 49.9 Å². The molecule has 0 atom stereocenters. The van der Waals surface area contributed by atoms with Crippen LogP contribution in [0.15, 0.2) is 57.5 Å². The average molecular weight is 495 g/mol. The Morgan fingerprint density at radius 1 is 0.679 bits per heavy atom. The molecule has 4 heteroatoms. The van der Waals surface area contributed by atoms with Crippen LogP contribution in [0.4, 0.5) is 17.1 Å². The lowest BCUT2D eigenvalue weighted by Crippen LogP contribution is -2.38. The molecule has 0 fully saturated rings. The van der Waals surface area contributed by atoms with Crippen molar-refractivity contribution in [2.75, 3.05) is 4.90 Å². The SMILES string of the molecule is Bc1ccc2c(c1)C(C)(C)c1cc(Br)cc3c1N2c1ccc(Br)cc1C3(C)C. The molecule has 2 aliphatic rings. The fourth-order valence-corrected chi connectivity index (χ4v) is 5.82. The summed E-state index contributed by atoms with van der Waals surface area (Å²) < 4.78 is 2.27. The second kappa shape index (κ2) is 5.76. The number of fused-ring (bicyclic) bond motifs is 4. The number of hydrogen-bond donors (Lipinski definition) is 0. The van der Waals surface area contributed by atoms with Crippen molar-refractivity contribution in [3.8, 4) is 0 Å². The van der Waals surface area contributed by atoms with Crippen LogP contribution in [0.25, 0.3) is 0 Å². The van der Waals surface area contributed by atoms with Gasteiger partial charge in [-0.3, -0.25) is 0 Å². The van der Waals surface area contributed by atoms with Crippen molar-refractivity contribution >= 4 is 62.2 Å². The number of halogens is 2. The van der Waals surface area contributed by atoms with Gasteiger partial charge >= 0.3 is 0 Å². The first-order valence-electron chi connectivity index (χ1n) is 9.68. The van der Waals surface area contributed by atoms with Crippen LogP contribution in [0, 0.1) is 0 Å². The van der Waals surface area contributed by atoms with Gasteiger partial charge in [-0.15, -0.1) is 0 Å². The van der Waals surface area contributed by atoms with E-state index in [-0.39, 0.29) is 10.8 Å². The number of nitrogens with zero attached hydrogens (tertiary/aromatic N) is 1. The Bertz CT molecular complexity index is 1080. The zero-order valence-corrected chi connectivity index (χ0v) is 20.0. The van der Waals surface area contributed by atoms with E-state index in [0.717, 1.165) is 8.95 Å². The molecular formula is C24H22BBr2N. The van der Waals surface area contributed by atoms with Crippen LogP contribution in [0.3, 0.4) is 0 Å². The van der Waals surface area contributed by atoms with E-state index in [4.69, 9.17) is 0 Å². The summed E-state index contributed by atoms with van der Waals surface area (Å²) in [5.41, 5.74) is 10.6. The molecule has 0 saturated heterocycles. The highest BCUT2D eigenvalue weighted by Crippen LogP contribution is 2.60. The smallest absolute Gasteiger partial charge is 0.139 e. The minimum atomic E-state index is -0.0816. The molecule has 5 rings (SSSR count). The van der Waals surface area contributed by atoms with Crippen molar-refractivity contribution in [2.45, 2.75) is 38.5 Å². The fraction of sp³-hybridized carbons (Fsp3) is 0.250. The zero-order chi connectivity index (χ0) is 20.0. The largest absolute Gasteiger partial charge is 0.309 e. The van der Waals surface area contributed by atoms with Gasteiger partial charge in [0.2, 0.25) is 0 Å². The average Bonchev–Trinajstić information content (AvgIpc) is 2.62. The standard InChI is InChI=1S/C24H22BBr2N/c1-23(2)16-9-13(25)5-7-20(16)28-21-8-6-14(26)10-17(21)24(3,4)19-12-15(27)11-18(23)22(19)28/h5-12H,25H2,1-4H3. The van der Waals surface area contributed by atoms with Gasteiger partial charge in [0.1, 0.15) is 7.85 Å². The Kier molecular flexibility index (Phi) is 3.81. The van der Waals surface area contributed by atoms with Crippen LogP contribution in [-0.2, 0) is 10.8 Å². The maximum absolute atomic E-state index is 3.81.